The average molecular weight is 1350 g/mol. The third kappa shape index (κ3) is 20.8. The van der Waals surface area contributed by atoms with Crippen molar-refractivity contribution >= 4 is 56.0 Å². The molecule has 2 saturated carbocycles. The summed E-state index contributed by atoms with van der Waals surface area (Å²) in [6.07, 6.45) is -2.43. The standard InChI is InChI=1S/2C24H20B.2C10H15.5C2H3N.U/c2*1-5-13-21(14-6-1)25(22-15-7-2-8-16-22,23-17-9-3-10-18-23)24-19-11-4-12-20-24;2*1-6-7(2)9(4)10(5)8(6)3;5*1-2-3;/h2*1-20H;2*1-5H3;5*1H3;/q2*-1;;;;;;;;. The number of hydrogen-bond donors (Lipinski definition) is 0. The maximum absolute atomic E-state index is 7.32. The maximum Gasteiger partial charge on any atom is 0.108 e. The van der Waals surface area contributed by atoms with Gasteiger partial charge in [-0.05, 0) is 59.2 Å². The first-order valence-electron chi connectivity index (χ1n) is 28.7. The maximum atomic E-state index is 7.32. The van der Waals surface area contributed by atoms with E-state index < -0.39 is 12.3 Å². The zero-order valence-corrected chi connectivity index (χ0v) is 57.6. The summed E-state index contributed by atoms with van der Waals surface area (Å²) < 4.78 is 0. The van der Waals surface area contributed by atoms with Gasteiger partial charge in [0.05, 0.1) is 30.3 Å². The smallest absolute Gasteiger partial charge is 0.108 e. The molecule has 8 heteroatoms. The van der Waals surface area contributed by atoms with Crippen LogP contribution in [-0.4, -0.2) is 12.3 Å². The van der Waals surface area contributed by atoms with E-state index in [0.717, 1.165) is 0 Å². The van der Waals surface area contributed by atoms with Gasteiger partial charge in [0.1, 0.15) is 12.3 Å². The molecule has 0 unspecified atom stereocenters. The van der Waals surface area contributed by atoms with Crippen molar-refractivity contribution in [2.75, 3.05) is 0 Å². The van der Waals surface area contributed by atoms with Crippen molar-refractivity contribution in [3.05, 3.63) is 302 Å². The predicted octanol–water partition coefficient (Wildman–Crippen LogP) is 14.7. The number of rotatable bonds is 8. The number of nitriles is 5. The molecular weight excluding hydrogens is 1270 g/mol. The molecule has 8 aromatic carbocycles. The predicted molar refractivity (Wildman–Crippen MR) is 366 cm³/mol. The molecule has 0 aliphatic heterocycles. The summed E-state index contributed by atoms with van der Waals surface area (Å²) in [4.78, 5) is 0. The zero-order valence-electron chi connectivity index (χ0n) is 53.5. The Morgan fingerprint density at radius 2 is 0.256 bits per heavy atom. The van der Waals surface area contributed by atoms with Crippen LogP contribution in [0.15, 0.2) is 243 Å². The Balaban J connectivity index is 0.000000560. The van der Waals surface area contributed by atoms with E-state index in [1.54, 1.807) is 30.3 Å². The molecule has 2 aliphatic rings. The molecule has 0 spiro atoms. The van der Waals surface area contributed by atoms with Crippen molar-refractivity contribution in [2.24, 2.45) is 0 Å². The second-order valence-corrected chi connectivity index (χ2v) is 20.4. The van der Waals surface area contributed by atoms with E-state index >= 15 is 0 Å². The molecule has 0 heterocycles. The molecule has 0 bridgehead atoms. The summed E-state index contributed by atoms with van der Waals surface area (Å²) in [5.74, 6) is 14.7. The SMILES string of the molecule is CC#N.CC#N.CC#N.CC#N.CC#N.C[C]1[C](C)[C](C)[C](C)[C]1C.C[C]1[C](C)[C](C)[C](C)[C]1C.[U].c1ccc([B-](c2ccccc2)(c2ccccc2)c2ccccc2)cc1.c1ccc([B-](c2ccccc2)(c2ccccc2)c2ccccc2)cc1. The molecule has 10 rings (SSSR count). The van der Waals surface area contributed by atoms with E-state index in [-0.39, 0.29) is 31.1 Å². The van der Waals surface area contributed by atoms with E-state index in [1.165, 1.54) is 138 Å². The van der Waals surface area contributed by atoms with Gasteiger partial charge < -0.3 is 0 Å². The molecule has 5 nitrogen and oxygen atoms in total. The van der Waals surface area contributed by atoms with Crippen LogP contribution in [0, 0.1) is 147 Å². The van der Waals surface area contributed by atoms with Crippen LogP contribution in [0.1, 0.15) is 104 Å². The second-order valence-electron chi connectivity index (χ2n) is 20.4. The van der Waals surface area contributed by atoms with Crippen molar-refractivity contribution in [1.29, 1.82) is 26.3 Å². The number of benzene rings is 8. The molecule has 10 radical (unpaired) electrons. The first-order valence-corrected chi connectivity index (χ1v) is 28.7. The fourth-order valence-electron chi connectivity index (χ4n) is 11.1. The monoisotopic (exact) mass is 1350 g/mol. The third-order valence-electron chi connectivity index (χ3n) is 16.0. The number of hydrogen-bond acceptors (Lipinski definition) is 5. The molecule has 8 aromatic rings. The van der Waals surface area contributed by atoms with Gasteiger partial charge >= 0.3 is 0 Å². The van der Waals surface area contributed by atoms with Gasteiger partial charge in [0.15, 0.2) is 0 Å². The Kier molecular flexibility index (Phi) is 37.5. The van der Waals surface area contributed by atoms with Gasteiger partial charge in [-0.2, -0.15) is 70.0 Å². The molecule has 0 atom stereocenters. The summed E-state index contributed by atoms with van der Waals surface area (Å²) in [5.41, 5.74) is 10.7. The van der Waals surface area contributed by atoms with Gasteiger partial charge in [-0.15, -0.1) is 0 Å². The Labute approximate surface area is 545 Å². The van der Waals surface area contributed by atoms with Gasteiger partial charge in [-0.25, -0.2) is 0 Å². The quantitative estimate of drug-likeness (QED) is 0.140. The summed E-state index contributed by atoms with van der Waals surface area (Å²) in [6, 6.07) is 95.8. The van der Waals surface area contributed by atoms with Crippen molar-refractivity contribution in [2.45, 2.75) is 104 Å². The molecule has 86 heavy (non-hydrogen) atoms. The van der Waals surface area contributed by atoms with Gasteiger partial charge in [0, 0.05) is 65.7 Å². The Bertz CT molecular complexity index is 2550. The van der Waals surface area contributed by atoms with Gasteiger partial charge in [-0.3, -0.25) is 0 Å². The molecule has 2 aliphatic carbocycles. The van der Waals surface area contributed by atoms with Crippen LogP contribution in [0.3, 0.4) is 0 Å². The van der Waals surface area contributed by atoms with Crippen LogP contribution in [0.5, 0.6) is 0 Å². The van der Waals surface area contributed by atoms with E-state index in [1.807, 2.05) is 0 Å². The summed E-state index contributed by atoms with van der Waals surface area (Å²) >= 11 is 0. The fraction of sp³-hybridized carbons (Fsp3) is 0.192. The van der Waals surface area contributed by atoms with E-state index in [2.05, 4.69) is 312 Å². The Morgan fingerprint density at radius 1 is 0.186 bits per heavy atom. The molecule has 0 aromatic heterocycles. The van der Waals surface area contributed by atoms with Crippen molar-refractivity contribution in [3.8, 4) is 30.3 Å². The second kappa shape index (κ2) is 42.2. The topological polar surface area (TPSA) is 119 Å². The summed E-state index contributed by atoms with van der Waals surface area (Å²) in [5, 5.41) is 36.6. The van der Waals surface area contributed by atoms with Crippen LogP contribution in [0.4, 0.5) is 0 Å². The Hall–Kier alpha value is -7.61. The molecule has 0 N–H and O–H groups in total. The summed E-state index contributed by atoms with van der Waals surface area (Å²) in [6.45, 7) is 29.1. The van der Waals surface area contributed by atoms with Gasteiger partial charge in [-0.1, -0.05) is 312 Å². The first-order chi connectivity index (χ1) is 41.0. The van der Waals surface area contributed by atoms with Crippen molar-refractivity contribution < 1.29 is 31.1 Å². The summed E-state index contributed by atoms with van der Waals surface area (Å²) in [7, 11) is 0. The van der Waals surface area contributed by atoms with Crippen LogP contribution < -0.4 is 43.7 Å². The fourth-order valence-corrected chi connectivity index (χ4v) is 11.1. The van der Waals surface area contributed by atoms with E-state index in [4.69, 9.17) is 26.3 Å². The van der Waals surface area contributed by atoms with Crippen LogP contribution in [0.25, 0.3) is 0 Å². The van der Waals surface area contributed by atoms with Crippen molar-refractivity contribution in [3.63, 3.8) is 0 Å². The minimum Gasteiger partial charge on any atom is -0.199 e. The van der Waals surface area contributed by atoms with E-state index in [9.17, 15) is 0 Å². The minimum absolute atomic E-state index is 0. The zero-order chi connectivity index (χ0) is 63.2. The molecule has 0 amide bonds. The first kappa shape index (κ1) is 76.4. The van der Waals surface area contributed by atoms with Gasteiger partial charge in [0.25, 0.3) is 0 Å². The molecule has 2 fully saturated rings. The van der Waals surface area contributed by atoms with E-state index in [0.29, 0.717) is 0 Å². The molecule has 0 saturated heterocycles. The number of nitrogens with zero attached hydrogens (tertiary/aromatic N) is 5. The Morgan fingerprint density at radius 3 is 0.326 bits per heavy atom. The molecular formula is C78H85B2N5U-2. The molecule has 434 valence electrons. The average Bonchev–Trinajstić information content (AvgIpc) is 1.18. The van der Waals surface area contributed by atoms with Crippen molar-refractivity contribution in [1.82, 2.24) is 0 Å². The largest absolute Gasteiger partial charge is 0.199 e. The van der Waals surface area contributed by atoms with Gasteiger partial charge in [0.2, 0.25) is 0 Å². The van der Waals surface area contributed by atoms with Crippen LogP contribution >= 0.6 is 0 Å². The van der Waals surface area contributed by atoms with Crippen LogP contribution in [-0.2, 0) is 0 Å². The normalized spacial score (nSPS) is 13.6. The van der Waals surface area contributed by atoms with Crippen LogP contribution in [0.2, 0.25) is 0 Å². The minimum atomic E-state index is -1.22. The third-order valence-corrected chi connectivity index (χ3v) is 16.0.